The molecule has 2 rings (SSSR count). The van der Waals surface area contributed by atoms with Gasteiger partial charge in [-0.15, -0.1) is 10.2 Å². The molecule has 19 heavy (non-hydrogen) atoms. The second-order valence-electron chi connectivity index (χ2n) is 4.59. The number of anilines is 1. The van der Waals surface area contributed by atoms with Crippen molar-refractivity contribution in [3.63, 3.8) is 0 Å². The van der Waals surface area contributed by atoms with Gasteiger partial charge in [-0.3, -0.25) is 4.79 Å². The van der Waals surface area contributed by atoms with Gasteiger partial charge in [0.2, 0.25) is 0 Å². The molecule has 100 valence electrons. The minimum atomic E-state index is -0.217. The van der Waals surface area contributed by atoms with Crippen LogP contribution in [0.15, 0.2) is 29.1 Å². The number of rotatable bonds is 4. The molecule has 1 aromatic carbocycles. The molecule has 5 nitrogen and oxygen atoms in total. The van der Waals surface area contributed by atoms with Crippen molar-refractivity contribution < 1.29 is 0 Å². The van der Waals surface area contributed by atoms with Crippen molar-refractivity contribution in [2.75, 3.05) is 5.32 Å². The average Bonchev–Trinajstić information content (AvgIpc) is 2.40. The summed E-state index contributed by atoms with van der Waals surface area (Å²) < 4.78 is 0. The minimum Gasteiger partial charge on any atom is -0.382 e. The number of hydrogen-bond donors (Lipinski definition) is 2. The van der Waals surface area contributed by atoms with E-state index in [1.807, 2.05) is 24.3 Å². The van der Waals surface area contributed by atoms with Crippen LogP contribution in [-0.2, 0) is 0 Å². The van der Waals surface area contributed by atoms with Gasteiger partial charge in [0.15, 0.2) is 5.69 Å². The number of H-pyrrole nitrogens is 1. The van der Waals surface area contributed by atoms with Crippen molar-refractivity contribution in [3.05, 3.63) is 40.4 Å². The molecule has 0 aliphatic rings. The summed E-state index contributed by atoms with van der Waals surface area (Å²) in [7, 11) is 0. The van der Waals surface area contributed by atoms with E-state index in [9.17, 15) is 4.79 Å². The predicted molar refractivity (Wildman–Crippen MR) is 76.2 cm³/mol. The van der Waals surface area contributed by atoms with Crippen LogP contribution in [0.1, 0.15) is 26.1 Å². The first kappa shape index (κ1) is 13.3. The molecular weight excluding hydrogens is 240 g/mol. The fourth-order valence-corrected chi connectivity index (χ4v) is 1.78. The molecule has 5 heteroatoms. The van der Waals surface area contributed by atoms with Crippen molar-refractivity contribution in [1.82, 2.24) is 15.2 Å². The zero-order valence-corrected chi connectivity index (χ0v) is 11.4. The second kappa shape index (κ2) is 5.65. The van der Waals surface area contributed by atoms with Gasteiger partial charge in [0.25, 0.3) is 5.56 Å². The summed E-state index contributed by atoms with van der Waals surface area (Å²) in [5, 5.41) is 11.3. The molecule has 0 bridgehead atoms. The number of nitrogens with zero attached hydrogens (tertiary/aromatic N) is 2. The Labute approximate surface area is 112 Å². The maximum Gasteiger partial charge on any atom is 0.277 e. The highest BCUT2D eigenvalue weighted by molar-refractivity contribution is 5.74. The Bertz CT molecular complexity index is 621. The summed E-state index contributed by atoms with van der Waals surface area (Å²) in [6.07, 6.45) is 1.00. The monoisotopic (exact) mass is 258 g/mol. The van der Waals surface area contributed by atoms with Crippen LogP contribution in [0.3, 0.4) is 0 Å². The van der Waals surface area contributed by atoms with Crippen LogP contribution >= 0.6 is 0 Å². The molecule has 0 fully saturated rings. The zero-order chi connectivity index (χ0) is 13.8. The highest BCUT2D eigenvalue weighted by Gasteiger charge is 2.12. The Balaban J connectivity index is 2.47. The maximum absolute atomic E-state index is 12.0. The lowest BCUT2D eigenvalue weighted by molar-refractivity contribution is 0.764. The van der Waals surface area contributed by atoms with Crippen LogP contribution in [0.2, 0.25) is 0 Å². The summed E-state index contributed by atoms with van der Waals surface area (Å²) in [4.78, 5) is 14.6. The molecule has 2 aromatic rings. The van der Waals surface area contributed by atoms with E-state index in [-0.39, 0.29) is 5.56 Å². The first-order valence-electron chi connectivity index (χ1n) is 6.41. The van der Waals surface area contributed by atoms with E-state index in [1.165, 1.54) is 0 Å². The molecule has 0 radical (unpaired) electrons. The first-order valence-corrected chi connectivity index (χ1v) is 6.41. The largest absolute Gasteiger partial charge is 0.382 e. The van der Waals surface area contributed by atoms with Crippen LogP contribution in [-0.4, -0.2) is 21.2 Å². The number of aryl methyl sites for hydroxylation is 1. The zero-order valence-electron chi connectivity index (χ0n) is 11.4. The summed E-state index contributed by atoms with van der Waals surface area (Å²) in [5.41, 5.74) is 1.81. The van der Waals surface area contributed by atoms with Crippen molar-refractivity contribution >= 4 is 5.69 Å². The van der Waals surface area contributed by atoms with Crippen molar-refractivity contribution in [2.45, 2.75) is 33.2 Å². The van der Waals surface area contributed by atoms with Crippen LogP contribution < -0.4 is 10.9 Å². The third-order valence-electron chi connectivity index (χ3n) is 3.01. The number of aromatic nitrogens is 3. The Morgan fingerprint density at radius 3 is 2.74 bits per heavy atom. The molecule has 0 saturated heterocycles. The minimum absolute atomic E-state index is 0.217. The van der Waals surface area contributed by atoms with Crippen LogP contribution in [0.25, 0.3) is 11.3 Å². The van der Waals surface area contributed by atoms with Gasteiger partial charge in [-0.25, -0.2) is 0 Å². The molecule has 1 atom stereocenters. The Morgan fingerprint density at radius 1 is 1.32 bits per heavy atom. The molecule has 0 aliphatic carbocycles. The molecule has 0 saturated carbocycles. The molecule has 1 unspecified atom stereocenters. The Morgan fingerprint density at radius 2 is 2.05 bits per heavy atom. The van der Waals surface area contributed by atoms with Crippen molar-refractivity contribution in [2.24, 2.45) is 0 Å². The fraction of sp³-hybridized carbons (Fsp3) is 0.357. The van der Waals surface area contributed by atoms with E-state index in [0.29, 0.717) is 17.6 Å². The van der Waals surface area contributed by atoms with Crippen molar-refractivity contribution in [1.29, 1.82) is 0 Å². The number of aromatic amines is 1. The highest BCUT2D eigenvalue weighted by Crippen LogP contribution is 2.24. The Hall–Kier alpha value is -2.17. The normalized spacial score (nSPS) is 12.2. The number of nitrogens with one attached hydrogen (secondary N) is 2. The third-order valence-corrected chi connectivity index (χ3v) is 3.01. The smallest absolute Gasteiger partial charge is 0.277 e. The summed E-state index contributed by atoms with van der Waals surface area (Å²) in [5.74, 6) is 0.515. The first-order chi connectivity index (χ1) is 9.11. The summed E-state index contributed by atoms with van der Waals surface area (Å²) in [6, 6.07) is 7.97. The number of benzene rings is 1. The van der Waals surface area contributed by atoms with E-state index in [4.69, 9.17) is 0 Å². The lowest BCUT2D eigenvalue weighted by Crippen LogP contribution is -2.18. The standard InChI is InChI=1S/C14H18N4O/c1-4-9(2)15-12-8-6-5-7-11(12)13-14(19)16-10(3)17-18-13/h5-9,15H,4H2,1-3H3,(H,16,17,19). The van der Waals surface area contributed by atoms with Crippen LogP contribution in [0, 0.1) is 6.92 Å². The van der Waals surface area contributed by atoms with E-state index in [2.05, 4.69) is 34.3 Å². The van der Waals surface area contributed by atoms with Gasteiger partial charge in [-0.1, -0.05) is 25.1 Å². The molecule has 1 heterocycles. The van der Waals surface area contributed by atoms with Crippen LogP contribution in [0.4, 0.5) is 5.69 Å². The van der Waals surface area contributed by atoms with E-state index in [1.54, 1.807) is 6.92 Å². The van der Waals surface area contributed by atoms with Crippen LogP contribution in [0.5, 0.6) is 0 Å². The average molecular weight is 258 g/mol. The number of para-hydroxylation sites is 1. The van der Waals surface area contributed by atoms with Crippen molar-refractivity contribution in [3.8, 4) is 11.3 Å². The predicted octanol–water partition coefficient (Wildman–Crippen LogP) is 2.35. The highest BCUT2D eigenvalue weighted by atomic mass is 16.1. The van der Waals surface area contributed by atoms with Gasteiger partial charge in [0.05, 0.1) is 0 Å². The second-order valence-corrected chi connectivity index (χ2v) is 4.59. The summed E-state index contributed by atoms with van der Waals surface area (Å²) in [6.45, 7) is 5.92. The van der Waals surface area contributed by atoms with Gasteiger partial charge in [0.1, 0.15) is 5.82 Å². The lowest BCUT2D eigenvalue weighted by Gasteiger charge is -2.15. The molecule has 1 aromatic heterocycles. The van der Waals surface area contributed by atoms with E-state index in [0.717, 1.165) is 17.7 Å². The summed E-state index contributed by atoms with van der Waals surface area (Å²) >= 11 is 0. The molecular formula is C14H18N4O. The number of hydrogen-bond acceptors (Lipinski definition) is 4. The molecule has 0 amide bonds. The quantitative estimate of drug-likeness (QED) is 0.883. The molecule has 0 aliphatic heterocycles. The van der Waals surface area contributed by atoms with Gasteiger partial charge >= 0.3 is 0 Å². The SMILES string of the molecule is CCC(C)Nc1ccccc1-c1nnc(C)[nH]c1=O. The molecule has 2 N–H and O–H groups in total. The Kier molecular flexibility index (Phi) is 3.94. The molecule has 0 spiro atoms. The van der Waals surface area contributed by atoms with Gasteiger partial charge in [-0.05, 0) is 26.3 Å². The van der Waals surface area contributed by atoms with Gasteiger partial charge in [0, 0.05) is 17.3 Å². The lowest BCUT2D eigenvalue weighted by atomic mass is 10.1. The topological polar surface area (TPSA) is 70.7 Å². The third kappa shape index (κ3) is 2.99. The van der Waals surface area contributed by atoms with Gasteiger partial charge in [-0.2, -0.15) is 0 Å². The maximum atomic E-state index is 12.0. The van der Waals surface area contributed by atoms with E-state index < -0.39 is 0 Å². The van der Waals surface area contributed by atoms with Gasteiger partial charge < -0.3 is 10.3 Å². The fourth-order valence-electron chi connectivity index (χ4n) is 1.78. The van der Waals surface area contributed by atoms with E-state index >= 15 is 0 Å².